The molecule has 0 spiro atoms. The van der Waals surface area contributed by atoms with Crippen molar-refractivity contribution in [2.24, 2.45) is 0 Å². The summed E-state index contributed by atoms with van der Waals surface area (Å²) in [6.07, 6.45) is 21.7. The van der Waals surface area contributed by atoms with Gasteiger partial charge in [0.05, 0.1) is 48.4 Å². The van der Waals surface area contributed by atoms with Crippen LogP contribution in [0.25, 0.3) is 46.3 Å². The zero-order chi connectivity index (χ0) is 38.9. The molecule has 0 aliphatic heterocycles. The first-order valence-corrected chi connectivity index (χ1v) is 19.0. The summed E-state index contributed by atoms with van der Waals surface area (Å²) < 4.78 is 20.6. The van der Waals surface area contributed by atoms with Crippen LogP contribution in [0.1, 0.15) is 43.9 Å². The smallest absolute Gasteiger partial charge is 0.499 e. The third-order valence-corrected chi connectivity index (χ3v) is 8.30. The van der Waals surface area contributed by atoms with Gasteiger partial charge >= 0.3 is 9.17 Å². The van der Waals surface area contributed by atoms with Gasteiger partial charge in [-0.05, 0) is 96.4 Å². The summed E-state index contributed by atoms with van der Waals surface area (Å²) in [5.41, 5.74) is 8.97. The van der Waals surface area contributed by atoms with Gasteiger partial charge in [0.1, 0.15) is 6.54 Å². The Balaban J connectivity index is 0.000000294. The van der Waals surface area contributed by atoms with Crippen LogP contribution in [0.15, 0.2) is 159 Å². The number of aromatic nitrogens is 7. The summed E-state index contributed by atoms with van der Waals surface area (Å²) in [6, 6.07) is 35.6. The van der Waals surface area contributed by atoms with E-state index in [0.717, 1.165) is 46.3 Å². The largest absolute Gasteiger partial charge is 0.766 e. The zero-order valence-electron chi connectivity index (χ0n) is 32.0. The Hall–Kier alpha value is -5.96. The predicted octanol–water partition coefficient (Wildman–Crippen LogP) is 9.33. The van der Waals surface area contributed by atoms with E-state index in [2.05, 4.69) is 106 Å². The molecule has 0 fully saturated rings. The third-order valence-electron chi connectivity index (χ3n) is 7.63. The van der Waals surface area contributed by atoms with Crippen molar-refractivity contribution in [1.82, 2.24) is 29.9 Å². The van der Waals surface area contributed by atoms with Crippen LogP contribution in [0.2, 0.25) is 0 Å². The SMILES string of the molecule is C.CCCC[n+]1ccc(/C=C/c2ccnc(-c3cc(C)ccn3)c2)cc1.CO[Si](=O)OC.[Os].c1ccc(-c2ccccn2)nc1.c1ccc(-c2ccccn2)nc1. The molecule has 0 aromatic carbocycles. The summed E-state index contributed by atoms with van der Waals surface area (Å²) in [5.74, 6) is 0. The van der Waals surface area contributed by atoms with Crippen molar-refractivity contribution in [3.8, 4) is 34.2 Å². The molecule has 0 saturated heterocycles. The van der Waals surface area contributed by atoms with Gasteiger partial charge in [0.15, 0.2) is 12.4 Å². The fraction of sp³-hybridized carbons (Fsp3) is 0.178. The van der Waals surface area contributed by atoms with Crippen LogP contribution in [-0.4, -0.2) is 53.3 Å². The Labute approximate surface area is 351 Å². The Morgan fingerprint density at radius 3 is 1.37 bits per heavy atom. The molecule has 7 aromatic rings. The standard InChI is InChI=1S/C22H24N3.2C10H8N2.C2H6O3Si.CH4.Os/c1-3-4-13-25-14-9-19(10-15-25)5-6-20-8-12-24-22(17-20)21-16-18(2)7-11-23-21;2*1-3-7-11-9(5-1)10-6-2-4-8-12-10;1-4-6(3)5-2;;/h5-12,14-17H,3-4,13H2,1-2H3;2*1-8H;1-2H3;1H4;/q+1;;;;;/b6-5+;;;;;. The maximum absolute atomic E-state index is 9.92. The molecule has 10 nitrogen and oxygen atoms in total. The van der Waals surface area contributed by atoms with Crippen molar-refractivity contribution in [2.75, 3.05) is 14.2 Å². The van der Waals surface area contributed by atoms with Crippen molar-refractivity contribution in [2.45, 2.75) is 40.7 Å². The van der Waals surface area contributed by atoms with Gasteiger partial charge in [-0.15, -0.1) is 0 Å². The van der Waals surface area contributed by atoms with E-state index in [1.54, 1.807) is 24.8 Å². The summed E-state index contributed by atoms with van der Waals surface area (Å²) in [7, 11) is 0.558. The van der Waals surface area contributed by atoms with Gasteiger partial charge in [0.25, 0.3) is 0 Å². The minimum atomic E-state index is -2.12. The quantitative estimate of drug-likeness (QED) is 0.0977. The van der Waals surface area contributed by atoms with Crippen LogP contribution in [-0.2, 0) is 39.6 Å². The second-order valence-corrected chi connectivity index (χ2v) is 13.1. The molecule has 294 valence electrons. The average Bonchev–Trinajstić information content (AvgIpc) is 3.27. The first-order chi connectivity index (χ1) is 27.0. The Bertz CT molecular complexity index is 1990. The molecule has 0 aliphatic carbocycles. The van der Waals surface area contributed by atoms with Crippen LogP contribution in [0.4, 0.5) is 0 Å². The van der Waals surface area contributed by atoms with Crippen molar-refractivity contribution < 1.29 is 37.7 Å². The van der Waals surface area contributed by atoms with Crippen LogP contribution in [0.5, 0.6) is 0 Å². The first-order valence-electron chi connectivity index (χ1n) is 17.8. The molecule has 12 heteroatoms. The Kier molecular flexibility index (Phi) is 22.8. The van der Waals surface area contributed by atoms with E-state index >= 15 is 0 Å². The third kappa shape index (κ3) is 17.6. The second-order valence-electron chi connectivity index (χ2n) is 11.8. The number of hydrogen-bond acceptors (Lipinski definition) is 9. The van der Waals surface area contributed by atoms with E-state index in [9.17, 15) is 4.46 Å². The summed E-state index contributed by atoms with van der Waals surface area (Å²) in [6.45, 7) is 5.36. The summed E-state index contributed by atoms with van der Waals surface area (Å²) in [4.78, 5) is 25.6. The van der Waals surface area contributed by atoms with Gasteiger partial charge in [0, 0.05) is 75.5 Å². The maximum atomic E-state index is 9.92. The molecule has 0 radical (unpaired) electrons. The maximum Gasteiger partial charge on any atom is 0.766 e. The van der Waals surface area contributed by atoms with E-state index in [1.807, 2.05) is 97.3 Å². The van der Waals surface area contributed by atoms with E-state index < -0.39 is 9.17 Å². The molecule has 57 heavy (non-hydrogen) atoms. The Morgan fingerprint density at radius 2 is 0.982 bits per heavy atom. The molecule has 0 bridgehead atoms. The zero-order valence-corrected chi connectivity index (χ0v) is 35.5. The molecular formula is C45H50N7O3OsSi+. The van der Waals surface area contributed by atoms with Gasteiger partial charge in [-0.25, -0.2) is 4.57 Å². The van der Waals surface area contributed by atoms with Crippen molar-refractivity contribution in [1.29, 1.82) is 0 Å². The van der Waals surface area contributed by atoms with E-state index in [4.69, 9.17) is 0 Å². The number of hydrogen-bond donors (Lipinski definition) is 0. The fourth-order valence-electron chi connectivity index (χ4n) is 4.77. The van der Waals surface area contributed by atoms with Crippen molar-refractivity contribution in [3.63, 3.8) is 0 Å². The molecule has 7 rings (SSSR count). The van der Waals surface area contributed by atoms with Crippen LogP contribution in [0, 0.1) is 6.92 Å². The molecular weight excluding hydrogens is 905 g/mol. The number of unbranched alkanes of at least 4 members (excludes halogenated alkanes) is 1. The fourth-order valence-corrected chi connectivity index (χ4v) is 4.94. The van der Waals surface area contributed by atoms with E-state index in [1.165, 1.54) is 38.2 Å². The minimum absolute atomic E-state index is 0. The topological polar surface area (TPSA) is 117 Å². The number of pyridine rings is 7. The normalized spacial score (nSPS) is 9.68. The Morgan fingerprint density at radius 1 is 0.561 bits per heavy atom. The predicted molar refractivity (Wildman–Crippen MR) is 225 cm³/mol. The summed E-state index contributed by atoms with van der Waals surface area (Å²) in [5, 5.41) is 0. The van der Waals surface area contributed by atoms with Crippen molar-refractivity contribution in [3.05, 3.63) is 175 Å². The van der Waals surface area contributed by atoms with Crippen molar-refractivity contribution >= 4 is 21.3 Å². The second kappa shape index (κ2) is 27.6. The molecule has 0 N–H and O–H groups in total. The molecule has 0 aliphatic rings. The van der Waals surface area contributed by atoms with Gasteiger partial charge < -0.3 is 8.85 Å². The molecule has 0 atom stereocenters. The van der Waals surface area contributed by atoms with Gasteiger partial charge in [-0.2, -0.15) is 0 Å². The molecule has 0 unspecified atom stereocenters. The number of rotatable bonds is 10. The van der Waals surface area contributed by atoms with Crippen LogP contribution in [0.3, 0.4) is 0 Å². The number of aryl methyl sites for hydroxylation is 2. The molecule has 7 aromatic heterocycles. The molecule has 0 amide bonds. The van der Waals surface area contributed by atoms with Gasteiger partial charge in [-0.1, -0.05) is 57.2 Å². The minimum Gasteiger partial charge on any atom is -0.499 e. The monoisotopic (exact) mass is 956 g/mol. The van der Waals surface area contributed by atoms with Gasteiger partial charge in [0.2, 0.25) is 0 Å². The van der Waals surface area contributed by atoms with Crippen LogP contribution < -0.4 is 4.57 Å². The average molecular weight is 955 g/mol. The molecule has 7 heterocycles. The van der Waals surface area contributed by atoms with Gasteiger partial charge in [-0.3, -0.25) is 34.4 Å². The summed E-state index contributed by atoms with van der Waals surface area (Å²) >= 11 is 0. The number of nitrogens with zero attached hydrogens (tertiary/aromatic N) is 7. The van der Waals surface area contributed by atoms with Crippen LogP contribution >= 0.6 is 0 Å². The molecule has 0 saturated carbocycles. The first kappa shape index (κ1) is 47.2. The van der Waals surface area contributed by atoms with E-state index in [-0.39, 0.29) is 27.2 Å². The van der Waals surface area contributed by atoms with E-state index in [0.29, 0.717) is 0 Å².